The number of hydrogen-bond donors (Lipinski definition) is 0. The second-order valence-electron chi connectivity index (χ2n) is 2.61. The van der Waals surface area contributed by atoms with Crippen molar-refractivity contribution in [1.82, 2.24) is 14.8 Å². The maximum Gasteiger partial charge on any atom is 1.00 e. The van der Waals surface area contributed by atoms with Crippen molar-refractivity contribution in [2.45, 2.75) is 12.1 Å². The molecule has 0 aliphatic rings. The van der Waals surface area contributed by atoms with Gasteiger partial charge in [0.25, 0.3) is 0 Å². The van der Waals surface area contributed by atoms with Crippen LogP contribution in [-0.4, -0.2) is 27.4 Å². The zero-order valence-electron chi connectivity index (χ0n) is 8.17. The number of hydrogen-bond acceptors (Lipinski definition) is 3. The summed E-state index contributed by atoms with van der Waals surface area (Å²) in [6, 6.07) is 0. The zero-order valence-corrected chi connectivity index (χ0v) is 12.1. The van der Waals surface area contributed by atoms with Crippen LogP contribution in [0, 0.1) is 6.92 Å². The molecule has 3 nitrogen and oxygen atoms in total. The molecular formula is C5H8BF3KN3S. The van der Waals surface area contributed by atoms with Crippen molar-refractivity contribution in [2.75, 3.05) is 5.65 Å². The van der Waals surface area contributed by atoms with E-state index in [9.17, 15) is 12.9 Å². The van der Waals surface area contributed by atoms with E-state index in [1.54, 1.807) is 14.0 Å². The number of nitrogens with zero attached hydrogens (tertiary/aromatic N) is 3. The number of aryl methyl sites for hydroxylation is 1. The quantitative estimate of drug-likeness (QED) is 0.488. The van der Waals surface area contributed by atoms with Gasteiger partial charge >= 0.3 is 58.4 Å². The molecular weight excluding hydrogens is 241 g/mol. The summed E-state index contributed by atoms with van der Waals surface area (Å²) in [6.45, 7) is -3.06. The Balaban J connectivity index is 0.00000169. The minimum absolute atomic E-state index is 0. The van der Waals surface area contributed by atoms with Crippen LogP contribution in [0.1, 0.15) is 5.82 Å². The summed E-state index contributed by atoms with van der Waals surface area (Å²) in [7, 11) is 1.64. The van der Waals surface area contributed by atoms with Crippen LogP contribution in [0.3, 0.4) is 0 Å². The third-order valence-electron chi connectivity index (χ3n) is 1.45. The van der Waals surface area contributed by atoms with Gasteiger partial charge in [0.05, 0.1) is 0 Å². The fourth-order valence-electron chi connectivity index (χ4n) is 0.682. The van der Waals surface area contributed by atoms with E-state index in [0.29, 0.717) is 22.7 Å². The Hall–Kier alpha value is 0.981. The molecule has 0 radical (unpaired) electrons. The molecule has 0 atom stereocenters. The standard InChI is InChI=1S/C5H8BF3N3S.K/c1-4-10-11-5(12(4)2)13-3-6(7,8)9;/h3H2,1-2H3;/q-1;+1. The Kier molecular flexibility index (Phi) is 6.31. The van der Waals surface area contributed by atoms with Gasteiger partial charge in [-0.3, -0.25) is 0 Å². The van der Waals surface area contributed by atoms with E-state index in [1.165, 1.54) is 4.57 Å². The molecule has 0 aliphatic heterocycles. The van der Waals surface area contributed by atoms with Gasteiger partial charge in [0, 0.05) is 7.05 Å². The van der Waals surface area contributed by atoms with Crippen LogP contribution >= 0.6 is 11.8 Å². The van der Waals surface area contributed by atoms with Crippen molar-refractivity contribution in [3.8, 4) is 0 Å². The summed E-state index contributed by atoms with van der Waals surface area (Å²) >= 11 is 0.667. The van der Waals surface area contributed by atoms with Crippen molar-refractivity contribution in [3.05, 3.63) is 5.82 Å². The molecule has 0 saturated heterocycles. The molecule has 14 heavy (non-hydrogen) atoms. The van der Waals surface area contributed by atoms with E-state index in [-0.39, 0.29) is 51.4 Å². The molecule has 0 saturated carbocycles. The molecule has 74 valence electrons. The first-order valence-corrected chi connectivity index (χ1v) is 4.58. The zero-order chi connectivity index (χ0) is 10.1. The van der Waals surface area contributed by atoms with Crippen molar-refractivity contribution in [3.63, 3.8) is 0 Å². The minimum atomic E-state index is -4.75. The first-order chi connectivity index (χ1) is 5.90. The molecule has 0 spiro atoms. The van der Waals surface area contributed by atoms with Crippen LogP contribution in [0.2, 0.25) is 0 Å². The normalized spacial score (nSPS) is 11.2. The molecule has 9 heteroatoms. The summed E-state index contributed by atoms with van der Waals surface area (Å²) in [5.74, 6) is 0.608. The molecule has 1 aromatic rings. The monoisotopic (exact) mass is 249 g/mol. The Labute approximate surface area is 127 Å². The first-order valence-electron chi connectivity index (χ1n) is 3.60. The summed E-state index contributed by atoms with van der Waals surface area (Å²) in [5, 5.41) is 7.56. The van der Waals surface area contributed by atoms with Crippen molar-refractivity contribution < 1.29 is 64.3 Å². The van der Waals surface area contributed by atoms with Crippen LogP contribution in [0.15, 0.2) is 5.16 Å². The maximum atomic E-state index is 11.9. The van der Waals surface area contributed by atoms with Gasteiger partial charge < -0.3 is 17.5 Å². The molecule has 0 fully saturated rings. The van der Waals surface area contributed by atoms with E-state index >= 15 is 0 Å². The van der Waals surface area contributed by atoms with Gasteiger partial charge in [-0.15, -0.1) is 22.0 Å². The Morgan fingerprint density at radius 3 is 2.29 bits per heavy atom. The van der Waals surface area contributed by atoms with Crippen molar-refractivity contribution >= 4 is 18.7 Å². The number of rotatable bonds is 3. The predicted molar refractivity (Wildman–Crippen MR) is 45.5 cm³/mol. The second-order valence-corrected chi connectivity index (χ2v) is 3.60. The van der Waals surface area contributed by atoms with Gasteiger partial charge in [-0.1, -0.05) is 0 Å². The van der Waals surface area contributed by atoms with Crippen molar-refractivity contribution in [2.24, 2.45) is 7.05 Å². The molecule has 0 aliphatic carbocycles. The Morgan fingerprint density at radius 2 is 1.93 bits per heavy atom. The second kappa shape index (κ2) is 5.90. The van der Waals surface area contributed by atoms with Crippen LogP contribution < -0.4 is 51.4 Å². The van der Waals surface area contributed by atoms with Crippen molar-refractivity contribution in [1.29, 1.82) is 0 Å². The van der Waals surface area contributed by atoms with Crippen LogP contribution in [0.5, 0.6) is 0 Å². The summed E-state index contributed by atoms with van der Waals surface area (Å²) in [4.78, 5) is 0. The molecule has 0 aromatic carbocycles. The third kappa shape index (κ3) is 4.67. The predicted octanol–water partition coefficient (Wildman–Crippen LogP) is -1.39. The van der Waals surface area contributed by atoms with E-state index in [1.807, 2.05) is 0 Å². The SMILES string of the molecule is Cc1nnc(SC[B-](F)(F)F)n1C.[K+]. The van der Waals surface area contributed by atoms with E-state index in [4.69, 9.17) is 0 Å². The van der Waals surface area contributed by atoms with Crippen LogP contribution in [-0.2, 0) is 7.05 Å². The average Bonchev–Trinajstić information content (AvgIpc) is 2.29. The van der Waals surface area contributed by atoms with E-state index in [2.05, 4.69) is 10.2 Å². The van der Waals surface area contributed by atoms with Gasteiger partial charge in [0.15, 0.2) is 5.16 Å². The Morgan fingerprint density at radius 1 is 1.36 bits per heavy atom. The van der Waals surface area contributed by atoms with Gasteiger partial charge in [0.2, 0.25) is 0 Å². The fourth-order valence-corrected chi connectivity index (χ4v) is 1.44. The molecule has 1 aromatic heterocycles. The van der Waals surface area contributed by atoms with Gasteiger partial charge in [-0.05, 0) is 12.6 Å². The largest absolute Gasteiger partial charge is 1.00 e. The molecule has 0 unspecified atom stereocenters. The summed E-state index contributed by atoms with van der Waals surface area (Å²) < 4.78 is 37.1. The number of thioether (sulfide) groups is 1. The van der Waals surface area contributed by atoms with Crippen LogP contribution in [0.4, 0.5) is 12.9 Å². The molecule has 1 rings (SSSR count). The summed E-state index contributed by atoms with van der Waals surface area (Å²) in [6.07, 6.45) is 0. The average molecular weight is 249 g/mol. The van der Waals surface area contributed by atoms with E-state index in [0.717, 1.165) is 0 Å². The molecule has 0 N–H and O–H groups in total. The van der Waals surface area contributed by atoms with Gasteiger partial charge in [-0.25, -0.2) is 0 Å². The first kappa shape index (κ1) is 15.0. The van der Waals surface area contributed by atoms with Crippen LogP contribution in [0.25, 0.3) is 0 Å². The minimum Gasteiger partial charge on any atom is -0.448 e. The topological polar surface area (TPSA) is 30.7 Å². The molecule has 0 bridgehead atoms. The maximum absolute atomic E-state index is 11.9. The molecule has 0 amide bonds. The van der Waals surface area contributed by atoms with E-state index < -0.39 is 12.6 Å². The number of aromatic nitrogens is 3. The number of halogens is 3. The smallest absolute Gasteiger partial charge is 0.448 e. The summed E-state index contributed by atoms with van der Waals surface area (Å²) in [5.41, 5.74) is -0.869. The fraction of sp³-hybridized carbons (Fsp3) is 0.600. The van der Waals surface area contributed by atoms with Gasteiger partial charge in [-0.2, -0.15) is 0 Å². The molecule has 1 heterocycles. The van der Waals surface area contributed by atoms with Gasteiger partial charge in [0.1, 0.15) is 5.82 Å². The third-order valence-corrected chi connectivity index (χ3v) is 2.61. The Bertz CT molecular complexity index is 303.